The molecule has 0 amide bonds. The molecule has 0 heterocycles. The molecule has 0 aromatic heterocycles. The van der Waals surface area contributed by atoms with Gasteiger partial charge in [0.2, 0.25) is 0 Å². The van der Waals surface area contributed by atoms with E-state index in [4.69, 9.17) is 39.9 Å². The van der Waals surface area contributed by atoms with E-state index < -0.39 is 0 Å². The maximum absolute atomic E-state index is 8.85. The smallest absolute Gasteiger partial charge is 0.0652 e. The molecule has 1 unspecified atom stereocenters. The van der Waals surface area contributed by atoms with E-state index in [-0.39, 0.29) is 12.6 Å². The van der Waals surface area contributed by atoms with E-state index in [1.165, 1.54) is 0 Å². The number of aliphatic hydroxyl groups is 1. The minimum absolute atomic E-state index is 0.00360. The Hall–Kier alpha value is 0.01000. The quantitative estimate of drug-likeness (QED) is 0.823. The first-order valence-electron chi connectivity index (χ1n) is 4.53. The highest BCUT2D eigenvalue weighted by Crippen LogP contribution is 2.31. The van der Waals surface area contributed by atoms with E-state index >= 15 is 0 Å². The topological polar surface area (TPSA) is 32.3 Å². The van der Waals surface area contributed by atoms with Crippen LogP contribution in [0.3, 0.4) is 0 Å². The molecule has 0 fully saturated rings. The van der Waals surface area contributed by atoms with E-state index in [1.807, 2.05) is 6.92 Å². The van der Waals surface area contributed by atoms with Crippen LogP contribution in [0.25, 0.3) is 0 Å². The molecule has 0 bridgehead atoms. The van der Waals surface area contributed by atoms with Crippen molar-refractivity contribution in [3.05, 3.63) is 32.8 Å². The number of rotatable bonds is 4. The summed E-state index contributed by atoms with van der Waals surface area (Å²) in [6.07, 6.45) is 0. The molecule has 0 aliphatic heterocycles. The average Bonchev–Trinajstić information content (AvgIpc) is 2.23. The zero-order valence-electron chi connectivity index (χ0n) is 8.23. The first-order chi connectivity index (χ1) is 7.06. The summed E-state index contributed by atoms with van der Waals surface area (Å²) in [5.41, 5.74) is 0.756. The Bertz CT molecular complexity index is 344. The van der Waals surface area contributed by atoms with Gasteiger partial charge >= 0.3 is 0 Å². The molecule has 2 N–H and O–H groups in total. The van der Waals surface area contributed by atoms with Gasteiger partial charge in [0.25, 0.3) is 0 Å². The normalized spacial score (nSPS) is 12.9. The van der Waals surface area contributed by atoms with Crippen LogP contribution in [0.2, 0.25) is 15.1 Å². The number of benzene rings is 1. The van der Waals surface area contributed by atoms with Gasteiger partial charge in [-0.1, -0.05) is 34.8 Å². The van der Waals surface area contributed by atoms with Crippen LogP contribution < -0.4 is 5.32 Å². The maximum Gasteiger partial charge on any atom is 0.0652 e. The SMILES string of the molecule is CC(CO)NCc1c(Cl)ccc(Cl)c1Cl. The summed E-state index contributed by atoms with van der Waals surface area (Å²) in [7, 11) is 0. The van der Waals surface area contributed by atoms with E-state index in [0.29, 0.717) is 21.6 Å². The van der Waals surface area contributed by atoms with Crippen molar-refractivity contribution in [3.63, 3.8) is 0 Å². The first-order valence-corrected chi connectivity index (χ1v) is 5.66. The van der Waals surface area contributed by atoms with Gasteiger partial charge in [-0.15, -0.1) is 0 Å². The minimum atomic E-state index is -0.00360. The average molecular weight is 269 g/mol. The highest BCUT2D eigenvalue weighted by molar-refractivity contribution is 6.44. The molecule has 1 rings (SSSR count). The van der Waals surface area contributed by atoms with Crippen molar-refractivity contribution < 1.29 is 5.11 Å². The number of hydrogen-bond donors (Lipinski definition) is 2. The third-order valence-electron chi connectivity index (χ3n) is 2.04. The highest BCUT2D eigenvalue weighted by Gasteiger charge is 2.10. The summed E-state index contributed by atoms with van der Waals surface area (Å²) in [6.45, 7) is 2.42. The van der Waals surface area contributed by atoms with Gasteiger partial charge in [0.1, 0.15) is 0 Å². The van der Waals surface area contributed by atoms with Crippen LogP contribution in [-0.2, 0) is 6.54 Å². The van der Waals surface area contributed by atoms with Crippen molar-refractivity contribution >= 4 is 34.8 Å². The third kappa shape index (κ3) is 3.51. The van der Waals surface area contributed by atoms with Crippen molar-refractivity contribution in [2.45, 2.75) is 19.5 Å². The van der Waals surface area contributed by atoms with Gasteiger partial charge in [0.05, 0.1) is 16.7 Å². The summed E-state index contributed by atoms with van der Waals surface area (Å²) in [6, 6.07) is 3.36. The second kappa shape index (κ2) is 5.92. The van der Waals surface area contributed by atoms with E-state index in [9.17, 15) is 0 Å². The Morgan fingerprint density at radius 3 is 2.47 bits per heavy atom. The Morgan fingerprint density at radius 2 is 1.87 bits per heavy atom. The van der Waals surface area contributed by atoms with Gasteiger partial charge in [-0.3, -0.25) is 0 Å². The molecule has 0 radical (unpaired) electrons. The maximum atomic E-state index is 8.85. The summed E-state index contributed by atoms with van der Waals surface area (Å²) in [4.78, 5) is 0. The molecular formula is C10H12Cl3NO. The monoisotopic (exact) mass is 267 g/mol. The van der Waals surface area contributed by atoms with E-state index in [1.54, 1.807) is 12.1 Å². The lowest BCUT2D eigenvalue weighted by Crippen LogP contribution is -2.28. The number of nitrogens with one attached hydrogen (secondary N) is 1. The van der Waals surface area contributed by atoms with Crippen LogP contribution >= 0.6 is 34.8 Å². The molecule has 1 aromatic rings. The molecule has 1 atom stereocenters. The summed E-state index contributed by atoms with van der Waals surface area (Å²) in [5.74, 6) is 0. The van der Waals surface area contributed by atoms with Crippen LogP contribution in [0.1, 0.15) is 12.5 Å². The van der Waals surface area contributed by atoms with E-state index in [0.717, 1.165) is 5.56 Å². The third-order valence-corrected chi connectivity index (χ3v) is 3.24. The first kappa shape index (κ1) is 13.1. The van der Waals surface area contributed by atoms with Gasteiger partial charge in [-0.25, -0.2) is 0 Å². The Balaban J connectivity index is 2.80. The number of halogens is 3. The summed E-state index contributed by atoms with van der Waals surface area (Å²) >= 11 is 17.9. The molecular weight excluding hydrogens is 256 g/mol. The summed E-state index contributed by atoms with van der Waals surface area (Å²) in [5, 5.41) is 13.4. The lowest BCUT2D eigenvalue weighted by Gasteiger charge is -2.13. The zero-order valence-corrected chi connectivity index (χ0v) is 10.5. The van der Waals surface area contributed by atoms with Crippen LogP contribution in [0, 0.1) is 0 Å². The van der Waals surface area contributed by atoms with Crippen molar-refractivity contribution in [3.8, 4) is 0 Å². The van der Waals surface area contributed by atoms with Crippen molar-refractivity contribution in [1.29, 1.82) is 0 Å². The molecule has 15 heavy (non-hydrogen) atoms. The lowest BCUT2D eigenvalue weighted by atomic mass is 10.2. The Morgan fingerprint density at radius 1 is 1.27 bits per heavy atom. The van der Waals surface area contributed by atoms with Crippen molar-refractivity contribution in [2.75, 3.05) is 6.61 Å². The molecule has 0 aliphatic rings. The number of aliphatic hydroxyl groups excluding tert-OH is 1. The van der Waals surface area contributed by atoms with Crippen molar-refractivity contribution in [2.24, 2.45) is 0 Å². The fourth-order valence-electron chi connectivity index (χ4n) is 1.07. The standard InChI is InChI=1S/C10H12Cl3NO/c1-6(5-15)14-4-7-8(11)2-3-9(12)10(7)13/h2-3,6,14-15H,4-5H2,1H3. The molecule has 5 heteroatoms. The predicted octanol–water partition coefficient (Wildman–Crippen LogP) is 3.12. The Labute approximate surface area is 104 Å². The Kier molecular flexibility index (Phi) is 5.16. The zero-order chi connectivity index (χ0) is 11.4. The molecule has 0 saturated heterocycles. The fraction of sp³-hybridized carbons (Fsp3) is 0.400. The van der Waals surface area contributed by atoms with Gasteiger partial charge in [0.15, 0.2) is 0 Å². The fourth-order valence-corrected chi connectivity index (χ4v) is 1.75. The van der Waals surface area contributed by atoms with Crippen LogP contribution in [0.4, 0.5) is 0 Å². The largest absolute Gasteiger partial charge is 0.395 e. The van der Waals surface area contributed by atoms with Crippen molar-refractivity contribution in [1.82, 2.24) is 5.32 Å². The highest BCUT2D eigenvalue weighted by atomic mass is 35.5. The van der Waals surface area contributed by atoms with Gasteiger partial charge < -0.3 is 10.4 Å². The predicted molar refractivity (Wildman–Crippen MR) is 64.9 cm³/mol. The van der Waals surface area contributed by atoms with Crippen LogP contribution in [-0.4, -0.2) is 17.8 Å². The number of hydrogen-bond acceptors (Lipinski definition) is 2. The van der Waals surface area contributed by atoms with E-state index in [2.05, 4.69) is 5.32 Å². The van der Waals surface area contributed by atoms with Crippen LogP contribution in [0.15, 0.2) is 12.1 Å². The molecule has 84 valence electrons. The van der Waals surface area contributed by atoms with Gasteiger partial charge in [-0.2, -0.15) is 0 Å². The lowest BCUT2D eigenvalue weighted by molar-refractivity contribution is 0.251. The minimum Gasteiger partial charge on any atom is -0.395 e. The molecule has 1 aromatic carbocycles. The molecule has 2 nitrogen and oxygen atoms in total. The second-order valence-electron chi connectivity index (χ2n) is 3.29. The molecule has 0 aliphatic carbocycles. The van der Waals surface area contributed by atoms with Crippen LogP contribution in [0.5, 0.6) is 0 Å². The molecule has 0 saturated carbocycles. The summed E-state index contributed by atoms with van der Waals surface area (Å²) < 4.78 is 0. The second-order valence-corrected chi connectivity index (χ2v) is 4.48. The van der Waals surface area contributed by atoms with Gasteiger partial charge in [-0.05, 0) is 19.1 Å². The molecule has 0 spiro atoms. The van der Waals surface area contributed by atoms with Gasteiger partial charge in [0, 0.05) is 23.2 Å².